The molecule has 0 aliphatic carbocycles. The average molecular weight is 468 g/mol. The lowest BCUT2D eigenvalue weighted by Gasteiger charge is -2.41. The van der Waals surface area contributed by atoms with E-state index in [0.717, 1.165) is 74.8 Å². The van der Waals surface area contributed by atoms with Crippen molar-refractivity contribution in [3.8, 4) is 5.19 Å². The fourth-order valence-corrected chi connectivity index (χ4v) is 5.07. The SMILES string of the molecule is O=C(CCc1ccc(C(F)(F)F)cc1)N1CCC(N2CCC(Oc3nccs3)CC2)CC1. The average Bonchev–Trinajstić information content (AvgIpc) is 3.31. The zero-order chi connectivity index (χ0) is 22.6. The molecule has 0 unspecified atom stereocenters. The lowest BCUT2D eigenvalue weighted by Crippen LogP contribution is -2.50. The van der Waals surface area contributed by atoms with Gasteiger partial charge < -0.3 is 9.64 Å². The van der Waals surface area contributed by atoms with Crippen molar-refractivity contribution < 1.29 is 22.7 Å². The molecule has 0 atom stereocenters. The van der Waals surface area contributed by atoms with Gasteiger partial charge in [-0.1, -0.05) is 23.5 Å². The molecule has 3 heterocycles. The first-order valence-electron chi connectivity index (χ1n) is 11.1. The van der Waals surface area contributed by atoms with Gasteiger partial charge in [0.05, 0.1) is 5.56 Å². The summed E-state index contributed by atoms with van der Waals surface area (Å²) in [4.78, 5) is 21.2. The molecule has 4 rings (SSSR count). The maximum absolute atomic E-state index is 12.7. The number of aryl methyl sites for hydroxylation is 1. The molecule has 0 radical (unpaired) electrons. The zero-order valence-corrected chi connectivity index (χ0v) is 18.7. The molecule has 0 bridgehead atoms. The number of alkyl halides is 3. The molecule has 2 aromatic rings. The number of halogens is 3. The van der Waals surface area contributed by atoms with Crippen LogP contribution in [0.4, 0.5) is 13.2 Å². The molecule has 0 saturated carbocycles. The van der Waals surface area contributed by atoms with Crippen molar-refractivity contribution in [1.29, 1.82) is 0 Å². The van der Waals surface area contributed by atoms with E-state index < -0.39 is 11.7 Å². The Balaban J connectivity index is 1.16. The Morgan fingerprint density at radius 3 is 2.34 bits per heavy atom. The summed E-state index contributed by atoms with van der Waals surface area (Å²) < 4.78 is 43.9. The molecule has 2 fully saturated rings. The van der Waals surface area contributed by atoms with E-state index in [1.165, 1.54) is 23.5 Å². The number of ether oxygens (including phenoxy) is 1. The van der Waals surface area contributed by atoms with Gasteiger partial charge in [0.15, 0.2) is 0 Å². The van der Waals surface area contributed by atoms with E-state index in [-0.39, 0.29) is 12.0 Å². The number of thiazole rings is 1. The normalized spacial score (nSPS) is 19.3. The highest BCUT2D eigenvalue weighted by molar-refractivity contribution is 7.11. The highest BCUT2D eigenvalue weighted by Crippen LogP contribution is 2.29. The molecular weight excluding hydrogens is 439 g/mol. The molecule has 174 valence electrons. The molecular formula is C23H28F3N3O2S. The third-order valence-corrected chi connectivity index (χ3v) is 7.06. The van der Waals surface area contributed by atoms with Crippen LogP contribution in [0, 0.1) is 0 Å². The lowest BCUT2D eigenvalue weighted by molar-refractivity contribution is -0.137. The topological polar surface area (TPSA) is 45.7 Å². The summed E-state index contributed by atoms with van der Waals surface area (Å²) in [7, 11) is 0. The summed E-state index contributed by atoms with van der Waals surface area (Å²) in [6, 6.07) is 5.58. The van der Waals surface area contributed by atoms with Crippen LogP contribution in [-0.4, -0.2) is 59.0 Å². The predicted octanol–water partition coefficient (Wildman–Crippen LogP) is 4.63. The predicted molar refractivity (Wildman–Crippen MR) is 117 cm³/mol. The third kappa shape index (κ3) is 6.01. The van der Waals surface area contributed by atoms with E-state index in [1.54, 1.807) is 6.20 Å². The van der Waals surface area contributed by atoms with Gasteiger partial charge in [0.1, 0.15) is 6.10 Å². The van der Waals surface area contributed by atoms with Crippen LogP contribution in [0.2, 0.25) is 0 Å². The van der Waals surface area contributed by atoms with Crippen LogP contribution in [0.25, 0.3) is 0 Å². The van der Waals surface area contributed by atoms with Crippen LogP contribution in [-0.2, 0) is 17.4 Å². The first kappa shape index (κ1) is 23.0. The van der Waals surface area contributed by atoms with E-state index >= 15 is 0 Å². The largest absolute Gasteiger partial charge is 0.467 e. The summed E-state index contributed by atoms with van der Waals surface area (Å²) in [5.41, 5.74) is 0.0949. The summed E-state index contributed by atoms with van der Waals surface area (Å²) >= 11 is 1.52. The standard InChI is InChI=1S/C23H28F3N3O2S/c24-23(25,26)18-4-1-17(2-5-18)3-6-21(30)29-12-7-19(8-13-29)28-14-9-20(10-15-28)31-22-27-11-16-32-22/h1-2,4-5,11,16,19-20H,3,6-10,12-15H2. The molecule has 0 spiro atoms. The minimum Gasteiger partial charge on any atom is -0.467 e. The number of benzene rings is 1. The fraction of sp³-hybridized carbons (Fsp3) is 0.565. The van der Waals surface area contributed by atoms with Gasteiger partial charge in [-0.15, -0.1) is 0 Å². The number of carbonyl (C=O) groups is 1. The third-order valence-electron chi connectivity index (χ3n) is 6.40. The van der Waals surface area contributed by atoms with Crippen LogP contribution in [0.5, 0.6) is 5.19 Å². The van der Waals surface area contributed by atoms with Gasteiger partial charge in [0.25, 0.3) is 5.19 Å². The Bertz CT molecular complexity index is 858. The molecule has 2 aliphatic rings. The highest BCUT2D eigenvalue weighted by atomic mass is 32.1. The Labute approximate surface area is 190 Å². The molecule has 5 nitrogen and oxygen atoms in total. The van der Waals surface area contributed by atoms with Crippen LogP contribution in [0.15, 0.2) is 35.8 Å². The Hall–Kier alpha value is -2.13. The van der Waals surface area contributed by atoms with Crippen molar-refractivity contribution in [3.05, 3.63) is 47.0 Å². The van der Waals surface area contributed by atoms with E-state index in [1.807, 2.05) is 10.3 Å². The van der Waals surface area contributed by atoms with Crippen molar-refractivity contribution in [2.75, 3.05) is 26.2 Å². The number of carbonyl (C=O) groups excluding carboxylic acids is 1. The zero-order valence-electron chi connectivity index (χ0n) is 17.9. The number of hydrogen-bond donors (Lipinski definition) is 0. The maximum atomic E-state index is 12.7. The monoisotopic (exact) mass is 467 g/mol. The van der Waals surface area contributed by atoms with Gasteiger partial charge in [0.2, 0.25) is 5.91 Å². The Morgan fingerprint density at radius 1 is 1.06 bits per heavy atom. The van der Waals surface area contributed by atoms with E-state index in [4.69, 9.17) is 4.74 Å². The van der Waals surface area contributed by atoms with Gasteiger partial charge in [-0.2, -0.15) is 13.2 Å². The molecule has 1 aromatic carbocycles. The van der Waals surface area contributed by atoms with Gasteiger partial charge in [-0.3, -0.25) is 9.69 Å². The van der Waals surface area contributed by atoms with Gasteiger partial charge in [-0.05, 0) is 49.8 Å². The molecule has 9 heteroatoms. The number of nitrogens with zero attached hydrogens (tertiary/aromatic N) is 3. The molecule has 1 amide bonds. The molecule has 0 N–H and O–H groups in total. The number of aromatic nitrogens is 1. The molecule has 2 aliphatic heterocycles. The smallest absolute Gasteiger partial charge is 0.416 e. The number of likely N-dealkylation sites (tertiary alicyclic amines) is 2. The number of amides is 1. The number of hydrogen-bond acceptors (Lipinski definition) is 5. The van der Waals surface area contributed by atoms with Crippen LogP contribution < -0.4 is 4.74 Å². The quantitative estimate of drug-likeness (QED) is 0.622. The Kier molecular flexibility index (Phi) is 7.35. The van der Waals surface area contributed by atoms with Gasteiger partial charge in [-0.25, -0.2) is 4.98 Å². The molecule has 32 heavy (non-hydrogen) atoms. The summed E-state index contributed by atoms with van der Waals surface area (Å²) in [5, 5.41) is 2.66. The van der Waals surface area contributed by atoms with Gasteiger partial charge >= 0.3 is 6.18 Å². The first-order chi connectivity index (χ1) is 15.4. The van der Waals surface area contributed by atoms with Crippen molar-refractivity contribution in [2.24, 2.45) is 0 Å². The van der Waals surface area contributed by atoms with Crippen LogP contribution in [0.1, 0.15) is 43.2 Å². The summed E-state index contributed by atoms with van der Waals surface area (Å²) in [6.45, 7) is 3.49. The molecule has 2 saturated heterocycles. The van der Waals surface area contributed by atoms with Crippen LogP contribution >= 0.6 is 11.3 Å². The van der Waals surface area contributed by atoms with Crippen molar-refractivity contribution in [2.45, 2.75) is 56.8 Å². The second-order valence-corrected chi connectivity index (χ2v) is 9.31. The first-order valence-corrected chi connectivity index (χ1v) is 12.0. The lowest BCUT2D eigenvalue weighted by atomic mass is 9.98. The van der Waals surface area contributed by atoms with Crippen LogP contribution in [0.3, 0.4) is 0 Å². The second kappa shape index (κ2) is 10.2. The van der Waals surface area contributed by atoms with Crippen molar-refractivity contribution >= 4 is 17.2 Å². The number of rotatable bonds is 6. The Morgan fingerprint density at radius 2 is 1.75 bits per heavy atom. The van der Waals surface area contributed by atoms with Crippen molar-refractivity contribution in [3.63, 3.8) is 0 Å². The van der Waals surface area contributed by atoms with E-state index in [9.17, 15) is 18.0 Å². The second-order valence-electron chi connectivity index (χ2n) is 8.46. The minimum atomic E-state index is -4.33. The summed E-state index contributed by atoms with van der Waals surface area (Å²) in [5.74, 6) is 0.0823. The summed E-state index contributed by atoms with van der Waals surface area (Å²) in [6.07, 6.45) is 2.35. The highest BCUT2D eigenvalue weighted by Gasteiger charge is 2.31. The number of piperidine rings is 2. The minimum absolute atomic E-state index is 0.0823. The van der Waals surface area contributed by atoms with E-state index in [0.29, 0.717) is 18.9 Å². The molecule has 1 aromatic heterocycles. The maximum Gasteiger partial charge on any atom is 0.416 e. The van der Waals surface area contributed by atoms with E-state index in [2.05, 4.69) is 9.88 Å². The fourth-order valence-electron chi connectivity index (χ4n) is 4.52. The van der Waals surface area contributed by atoms with Gasteiger partial charge in [0, 0.05) is 50.2 Å². The van der Waals surface area contributed by atoms with Crippen molar-refractivity contribution in [1.82, 2.24) is 14.8 Å².